The maximum atomic E-state index is 14.5. The number of hydrogen-bond acceptors (Lipinski definition) is 14. The molecule has 0 radical (unpaired) electrons. The second kappa shape index (κ2) is 37.2. The van der Waals surface area contributed by atoms with E-state index in [1.807, 2.05) is 48.5 Å². The van der Waals surface area contributed by atoms with Crippen molar-refractivity contribution in [3.63, 3.8) is 0 Å². The van der Waals surface area contributed by atoms with Crippen molar-refractivity contribution in [3.05, 3.63) is 131 Å². The van der Waals surface area contributed by atoms with Gasteiger partial charge in [0.05, 0.1) is 65.9 Å². The van der Waals surface area contributed by atoms with Gasteiger partial charge < -0.3 is 49.4 Å². The van der Waals surface area contributed by atoms with Gasteiger partial charge in [0.1, 0.15) is 0 Å². The van der Waals surface area contributed by atoms with Crippen molar-refractivity contribution in [2.75, 3.05) is 53.9 Å². The van der Waals surface area contributed by atoms with Gasteiger partial charge in [0.2, 0.25) is 5.41 Å². The van der Waals surface area contributed by atoms with E-state index in [0.717, 1.165) is 101 Å². The number of benzene rings is 4. The number of esters is 4. The SMILES string of the molecule is CCCCCOc1cc(/C=C/C(=O)OCCCCCCCCOC(=O)C(C(=O)OCCCCCCCCOC(=O)/C=C/c2ccc(OC)c(OCCCCC)c2)(C(N)c2ccccc2)C(N)c2ccccc2)ccc1OC. The van der Waals surface area contributed by atoms with Gasteiger partial charge in [-0.1, -0.05) is 164 Å². The molecule has 0 amide bonds. The molecule has 4 N–H and O–H groups in total. The molecule has 2 atom stereocenters. The van der Waals surface area contributed by atoms with Gasteiger partial charge in [-0.05, 0) is 97.2 Å². The highest BCUT2D eigenvalue weighted by Crippen LogP contribution is 2.45. The van der Waals surface area contributed by atoms with Gasteiger partial charge in [-0.2, -0.15) is 0 Å². The van der Waals surface area contributed by atoms with Crippen molar-refractivity contribution in [1.82, 2.24) is 0 Å². The molecule has 0 bridgehead atoms. The first kappa shape index (κ1) is 62.9. The van der Waals surface area contributed by atoms with E-state index in [1.165, 1.54) is 12.2 Å². The Kier molecular flexibility index (Phi) is 30.4. The van der Waals surface area contributed by atoms with E-state index >= 15 is 0 Å². The molecule has 4 aromatic carbocycles. The minimum Gasteiger partial charge on any atom is -0.493 e. The average molecular weight is 1060 g/mol. The van der Waals surface area contributed by atoms with Gasteiger partial charge in [0.25, 0.3) is 0 Å². The Morgan fingerprint density at radius 3 is 1.12 bits per heavy atom. The highest BCUT2D eigenvalue weighted by Gasteiger charge is 2.59. The van der Waals surface area contributed by atoms with E-state index in [4.69, 9.17) is 49.4 Å². The Morgan fingerprint density at radius 1 is 0.429 bits per heavy atom. The lowest BCUT2D eigenvalue weighted by Crippen LogP contribution is -2.56. The van der Waals surface area contributed by atoms with Crippen LogP contribution in [0.15, 0.2) is 109 Å². The summed E-state index contributed by atoms with van der Waals surface area (Å²) in [6.07, 6.45) is 21.9. The zero-order valence-electron chi connectivity index (χ0n) is 46.2. The number of carbonyl (C=O) groups excluding carboxylic acids is 4. The summed E-state index contributed by atoms with van der Waals surface area (Å²) in [5, 5.41) is 0. The molecule has 4 aromatic rings. The number of nitrogens with two attached hydrogens (primary N) is 2. The van der Waals surface area contributed by atoms with Crippen LogP contribution in [0.3, 0.4) is 0 Å². The van der Waals surface area contributed by atoms with Gasteiger partial charge >= 0.3 is 23.9 Å². The quantitative estimate of drug-likeness (QED) is 0.0140. The number of rotatable bonds is 40. The molecule has 0 aliphatic heterocycles. The minimum absolute atomic E-state index is 0.0665. The van der Waals surface area contributed by atoms with Crippen molar-refractivity contribution >= 4 is 36.0 Å². The topological polar surface area (TPSA) is 194 Å². The molecule has 420 valence electrons. The summed E-state index contributed by atoms with van der Waals surface area (Å²) < 4.78 is 45.4. The molecular formula is C63H86N2O12. The van der Waals surface area contributed by atoms with Crippen LogP contribution in [0.25, 0.3) is 12.2 Å². The van der Waals surface area contributed by atoms with Crippen LogP contribution in [0.4, 0.5) is 0 Å². The van der Waals surface area contributed by atoms with E-state index in [9.17, 15) is 19.2 Å². The van der Waals surface area contributed by atoms with E-state index in [-0.39, 0.29) is 13.2 Å². The third-order valence-electron chi connectivity index (χ3n) is 13.2. The molecule has 2 unspecified atom stereocenters. The average Bonchev–Trinajstić information content (AvgIpc) is 3.48. The Morgan fingerprint density at radius 2 is 0.766 bits per heavy atom. The van der Waals surface area contributed by atoms with Gasteiger partial charge in [-0.15, -0.1) is 0 Å². The number of hydrogen-bond donors (Lipinski definition) is 2. The predicted molar refractivity (Wildman–Crippen MR) is 303 cm³/mol. The highest BCUT2D eigenvalue weighted by molar-refractivity contribution is 6.02. The Balaban J connectivity index is 1.20. The molecule has 14 heteroatoms. The van der Waals surface area contributed by atoms with Gasteiger partial charge in [0.15, 0.2) is 23.0 Å². The summed E-state index contributed by atoms with van der Waals surface area (Å²) in [5.41, 5.74) is 14.5. The number of ether oxygens (including phenoxy) is 8. The Hall–Kier alpha value is -6.64. The lowest BCUT2D eigenvalue weighted by Gasteiger charge is -2.39. The molecule has 0 aliphatic rings. The van der Waals surface area contributed by atoms with E-state index in [0.29, 0.717) is 86.2 Å². The van der Waals surface area contributed by atoms with Crippen LogP contribution >= 0.6 is 0 Å². The second-order valence-electron chi connectivity index (χ2n) is 19.1. The van der Waals surface area contributed by atoms with Crippen molar-refractivity contribution in [3.8, 4) is 23.0 Å². The third-order valence-corrected chi connectivity index (χ3v) is 13.2. The largest absolute Gasteiger partial charge is 0.493 e. The summed E-state index contributed by atoms with van der Waals surface area (Å²) in [6.45, 7) is 6.23. The third kappa shape index (κ3) is 22.1. The summed E-state index contributed by atoms with van der Waals surface area (Å²) in [6, 6.07) is 26.6. The zero-order valence-corrected chi connectivity index (χ0v) is 46.2. The fourth-order valence-corrected chi connectivity index (χ4v) is 8.68. The van der Waals surface area contributed by atoms with Crippen molar-refractivity contribution in [2.24, 2.45) is 16.9 Å². The molecule has 0 aliphatic carbocycles. The maximum Gasteiger partial charge on any atom is 0.330 e. The van der Waals surface area contributed by atoms with Crippen molar-refractivity contribution < 1.29 is 57.1 Å². The molecule has 0 aromatic heterocycles. The number of carbonyl (C=O) groups is 4. The van der Waals surface area contributed by atoms with Gasteiger partial charge in [0, 0.05) is 12.2 Å². The smallest absolute Gasteiger partial charge is 0.330 e. The number of methoxy groups -OCH3 is 2. The summed E-state index contributed by atoms with van der Waals surface area (Å²) in [5.74, 6) is 0.0788. The molecule has 0 saturated heterocycles. The molecule has 77 heavy (non-hydrogen) atoms. The van der Waals surface area contributed by atoms with E-state index in [2.05, 4.69) is 13.8 Å². The fourth-order valence-electron chi connectivity index (χ4n) is 8.68. The molecule has 0 spiro atoms. The first-order chi connectivity index (χ1) is 37.6. The standard InChI is InChI=1S/C63H86N2O12/c1-5-7-23-41-72-55-47-49(33-37-53(55)70-3)35-39-57(66)74-43-25-13-9-11-15-27-45-76-61(68)63(59(64)51-29-19-17-20-30-51,60(65)52-31-21-18-22-32-52)62(69)77-46-28-16-12-10-14-26-44-75-58(67)40-36-50-34-38-54(71-4)56(48-50)73-42-24-8-6-2/h17-22,29-40,47-48,59-60H,5-16,23-28,41-46,64-65H2,1-4H3/b39-35+,40-36+. The van der Waals surface area contributed by atoms with E-state index in [1.54, 1.807) is 74.9 Å². The lowest BCUT2D eigenvalue weighted by molar-refractivity contribution is -0.177. The van der Waals surface area contributed by atoms with Crippen LogP contribution in [-0.2, 0) is 38.1 Å². The molecule has 0 saturated carbocycles. The monoisotopic (exact) mass is 1060 g/mol. The van der Waals surface area contributed by atoms with Crippen LogP contribution < -0.4 is 30.4 Å². The second-order valence-corrected chi connectivity index (χ2v) is 19.1. The number of unbranched alkanes of at least 4 members (excludes halogenated alkanes) is 14. The molecule has 14 nitrogen and oxygen atoms in total. The van der Waals surface area contributed by atoms with Crippen LogP contribution in [-0.4, -0.2) is 77.7 Å². The predicted octanol–water partition coefficient (Wildman–Crippen LogP) is 12.8. The van der Waals surface area contributed by atoms with Crippen LogP contribution in [0.2, 0.25) is 0 Å². The lowest BCUT2D eigenvalue weighted by atomic mass is 9.69. The first-order valence-corrected chi connectivity index (χ1v) is 27.9. The summed E-state index contributed by atoms with van der Waals surface area (Å²) in [7, 11) is 3.20. The minimum atomic E-state index is -2.10. The normalized spacial score (nSPS) is 12.2. The molecule has 0 fully saturated rings. The van der Waals surface area contributed by atoms with Crippen molar-refractivity contribution in [2.45, 2.75) is 142 Å². The zero-order chi connectivity index (χ0) is 55.4. The van der Waals surface area contributed by atoms with E-state index < -0.39 is 41.4 Å². The summed E-state index contributed by atoms with van der Waals surface area (Å²) in [4.78, 5) is 53.9. The molecular weight excluding hydrogens is 977 g/mol. The first-order valence-electron chi connectivity index (χ1n) is 27.9. The van der Waals surface area contributed by atoms with Crippen molar-refractivity contribution in [1.29, 1.82) is 0 Å². The van der Waals surface area contributed by atoms with Crippen LogP contribution in [0.5, 0.6) is 23.0 Å². The van der Waals surface area contributed by atoms with Gasteiger partial charge in [-0.3, -0.25) is 9.59 Å². The maximum absolute atomic E-state index is 14.5. The molecule has 4 rings (SSSR count). The van der Waals surface area contributed by atoms with Crippen LogP contribution in [0.1, 0.15) is 164 Å². The highest BCUT2D eigenvalue weighted by atomic mass is 16.6. The van der Waals surface area contributed by atoms with Crippen LogP contribution in [0, 0.1) is 5.41 Å². The Labute approximate surface area is 458 Å². The van der Waals surface area contributed by atoms with Gasteiger partial charge in [-0.25, -0.2) is 9.59 Å². The summed E-state index contributed by atoms with van der Waals surface area (Å²) >= 11 is 0. The molecule has 0 heterocycles. The Bertz CT molecular complexity index is 2210. The fraction of sp³-hybridized carbons (Fsp3) is 0.492.